The lowest BCUT2D eigenvalue weighted by molar-refractivity contribution is -0.127. The lowest BCUT2D eigenvalue weighted by atomic mass is 9.65. The van der Waals surface area contributed by atoms with Crippen molar-refractivity contribution in [3.8, 4) is 0 Å². The Labute approximate surface area is 143 Å². The Morgan fingerprint density at radius 3 is 2.57 bits per heavy atom. The molecule has 0 radical (unpaired) electrons. The second-order valence-electron chi connectivity index (χ2n) is 7.39. The van der Waals surface area contributed by atoms with Gasteiger partial charge in [-0.25, -0.2) is 4.99 Å². The molecule has 5 nitrogen and oxygen atoms in total. The van der Waals surface area contributed by atoms with Crippen LogP contribution >= 0.6 is 11.3 Å². The first kappa shape index (κ1) is 17.8. The Morgan fingerprint density at radius 2 is 2.09 bits per heavy atom. The SMILES string of the molecule is CN(C)C(=O)CN=C(NCc1cccs1)N1CC(C)(C)C1(C)C. The summed E-state index contributed by atoms with van der Waals surface area (Å²) in [7, 11) is 3.51. The van der Waals surface area contributed by atoms with Crippen molar-refractivity contribution in [3.05, 3.63) is 22.4 Å². The third-order valence-corrected chi connectivity index (χ3v) is 5.88. The van der Waals surface area contributed by atoms with Gasteiger partial charge in [0.2, 0.25) is 5.91 Å². The number of rotatable bonds is 4. The largest absolute Gasteiger partial charge is 0.351 e. The molecule has 1 aliphatic heterocycles. The fraction of sp³-hybridized carbons (Fsp3) is 0.647. The van der Waals surface area contributed by atoms with E-state index in [-0.39, 0.29) is 23.4 Å². The molecule has 0 spiro atoms. The molecule has 23 heavy (non-hydrogen) atoms. The quantitative estimate of drug-likeness (QED) is 0.678. The summed E-state index contributed by atoms with van der Waals surface area (Å²) in [5.41, 5.74) is 0.236. The van der Waals surface area contributed by atoms with Crippen LogP contribution < -0.4 is 5.32 Å². The van der Waals surface area contributed by atoms with E-state index in [1.54, 1.807) is 30.3 Å². The number of hydrogen-bond donors (Lipinski definition) is 1. The van der Waals surface area contributed by atoms with Gasteiger partial charge in [-0.15, -0.1) is 11.3 Å². The van der Waals surface area contributed by atoms with Gasteiger partial charge in [-0.1, -0.05) is 19.9 Å². The molecule has 1 aliphatic rings. The van der Waals surface area contributed by atoms with E-state index in [2.05, 4.69) is 54.4 Å². The zero-order valence-corrected chi connectivity index (χ0v) is 15.8. The molecule has 0 aromatic carbocycles. The molecule has 0 saturated carbocycles. The minimum Gasteiger partial charge on any atom is -0.351 e. The second-order valence-corrected chi connectivity index (χ2v) is 8.42. The number of nitrogens with zero attached hydrogens (tertiary/aromatic N) is 3. The van der Waals surface area contributed by atoms with E-state index in [9.17, 15) is 4.79 Å². The Hall–Kier alpha value is -1.56. The lowest BCUT2D eigenvalue weighted by Crippen LogP contribution is -2.72. The molecule has 0 aliphatic carbocycles. The minimum atomic E-state index is 0.00937. The fourth-order valence-corrected chi connectivity index (χ4v) is 3.14. The van der Waals surface area contributed by atoms with Crippen molar-refractivity contribution in [1.29, 1.82) is 0 Å². The van der Waals surface area contributed by atoms with Crippen molar-refractivity contribution in [2.75, 3.05) is 27.2 Å². The maximum absolute atomic E-state index is 11.9. The summed E-state index contributed by atoms with van der Waals surface area (Å²) in [6.45, 7) is 10.8. The zero-order valence-electron chi connectivity index (χ0n) is 15.0. The normalized spacial score (nSPS) is 19.2. The first-order valence-corrected chi connectivity index (χ1v) is 8.81. The molecular weight excluding hydrogens is 308 g/mol. The molecule has 0 unspecified atom stereocenters. The minimum absolute atomic E-state index is 0.00937. The van der Waals surface area contributed by atoms with Crippen LogP contribution in [0, 0.1) is 5.41 Å². The molecule has 2 rings (SSSR count). The van der Waals surface area contributed by atoms with Gasteiger partial charge in [0.25, 0.3) is 0 Å². The standard InChI is InChI=1S/C17H28N4OS/c1-16(2)12-21(17(16,3)4)15(19-11-14(22)20(5)6)18-10-13-8-7-9-23-13/h7-9H,10-12H2,1-6H3,(H,18,19). The van der Waals surface area contributed by atoms with Crippen LogP contribution in [0.4, 0.5) is 0 Å². The molecule has 128 valence electrons. The summed E-state index contributed by atoms with van der Waals surface area (Å²) >= 11 is 1.72. The van der Waals surface area contributed by atoms with Crippen LogP contribution in [0.15, 0.2) is 22.5 Å². The maximum Gasteiger partial charge on any atom is 0.243 e. The topological polar surface area (TPSA) is 47.9 Å². The van der Waals surface area contributed by atoms with Crippen molar-refractivity contribution >= 4 is 23.2 Å². The highest BCUT2D eigenvalue weighted by Gasteiger charge is 2.53. The average molecular weight is 337 g/mol. The number of amides is 1. The summed E-state index contributed by atoms with van der Waals surface area (Å²) in [5, 5.41) is 5.50. The van der Waals surface area contributed by atoms with Gasteiger partial charge in [0.05, 0.1) is 6.54 Å². The van der Waals surface area contributed by atoms with E-state index in [0.29, 0.717) is 0 Å². The molecule has 0 bridgehead atoms. The number of nitrogens with one attached hydrogen (secondary N) is 1. The highest BCUT2D eigenvalue weighted by atomic mass is 32.1. The van der Waals surface area contributed by atoms with Crippen LogP contribution in [0.3, 0.4) is 0 Å². The van der Waals surface area contributed by atoms with Crippen molar-refractivity contribution in [1.82, 2.24) is 15.1 Å². The van der Waals surface area contributed by atoms with Crippen molar-refractivity contribution < 1.29 is 4.79 Å². The number of thiophene rings is 1. The Morgan fingerprint density at radius 1 is 1.39 bits per heavy atom. The fourth-order valence-electron chi connectivity index (χ4n) is 2.50. The van der Waals surface area contributed by atoms with Gasteiger partial charge >= 0.3 is 0 Å². The van der Waals surface area contributed by atoms with E-state index >= 15 is 0 Å². The van der Waals surface area contributed by atoms with Gasteiger partial charge in [-0.3, -0.25) is 4.79 Å². The predicted molar refractivity (Wildman–Crippen MR) is 96.7 cm³/mol. The Kier molecular flexibility index (Phi) is 5.04. The third-order valence-electron chi connectivity index (χ3n) is 5.00. The molecule has 0 atom stereocenters. The molecule has 1 amide bonds. The van der Waals surface area contributed by atoms with Crippen molar-refractivity contribution in [2.45, 2.75) is 39.8 Å². The first-order chi connectivity index (χ1) is 10.6. The van der Waals surface area contributed by atoms with Gasteiger partial charge in [0.1, 0.15) is 6.54 Å². The molecule has 1 fully saturated rings. The molecule has 1 saturated heterocycles. The van der Waals surface area contributed by atoms with Gasteiger partial charge in [0, 0.05) is 36.5 Å². The van der Waals surface area contributed by atoms with Crippen LogP contribution in [-0.4, -0.2) is 54.4 Å². The lowest BCUT2D eigenvalue weighted by Gasteiger charge is -2.62. The van der Waals surface area contributed by atoms with E-state index in [1.165, 1.54) is 4.88 Å². The number of aliphatic imine (C=N–C) groups is 1. The Bertz CT molecular complexity index is 575. The van der Waals surface area contributed by atoms with Crippen LogP contribution in [0.1, 0.15) is 32.6 Å². The monoisotopic (exact) mass is 336 g/mol. The number of carbonyl (C=O) groups excluding carboxylic acids is 1. The summed E-state index contributed by atoms with van der Waals surface area (Å²) in [6, 6.07) is 4.15. The van der Waals surface area contributed by atoms with Crippen LogP contribution in [-0.2, 0) is 11.3 Å². The van der Waals surface area contributed by atoms with E-state index in [0.717, 1.165) is 19.0 Å². The van der Waals surface area contributed by atoms with E-state index in [4.69, 9.17) is 0 Å². The molecule has 6 heteroatoms. The number of carbonyl (C=O) groups is 1. The van der Waals surface area contributed by atoms with Crippen molar-refractivity contribution in [3.63, 3.8) is 0 Å². The molecular formula is C17H28N4OS. The van der Waals surface area contributed by atoms with Crippen molar-refractivity contribution in [2.24, 2.45) is 10.4 Å². The highest BCUT2D eigenvalue weighted by Crippen LogP contribution is 2.46. The molecule has 2 heterocycles. The smallest absolute Gasteiger partial charge is 0.243 e. The number of likely N-dealkylation sites (N-methyl/N-ethyl adjacent to an activating group) is 1. The molecule has 1 N–H and O–H groups in total. The van der Waals surface area contributed by atoms with Crippen LogP contribution in [0.2, 0.25) is 0 Å². The molecule has 1 aromatic heterocycles. The number of hydrogen-bond acceptors (Lipinski definition) is 3. The zero-order chi connectivity index (χ0) is 17.3. The summed E-state index contributed by atoms with van der Waals surface area (Å²) in [4.78, 5) is 21.5. The highest BCUT2D eigenvalue weighted by molar-refractivity contribution is 7.09. The number of guanidine groups is 1. The van der Waals surface area contributed by atoms with Gasteiger partial charge in [-0.2, -0.15) is 0 Å². The molecule has 1 aromatic rings. The third kappa shape index (κ3) is 3.68. The summed E-state index contributed by atoms with van der Waals surface area (Å²) < 4.78 is 0. The van der Waals surface area contributed by atoms with Crippen LogP contribution in [0.25, 0.3) is 0 Å². The summed E-state index contributed by atoms with van der Waals surface area (Å²) in [6.07, 6.45) is 0. The van der Waals surface area contributed by atoms with Gasteiger partial charge < -0.3 is 15.1 Å². The maximum atomic E-state index is 11.9. The van der Waals surface area contributed by atoms with Crippen LogP contribution in [0.5, 0.6) is 0 Å². The average Bonchev–Trinajstić information content (AvgIpc) is 2.98. The van der Waals surface area contributed by atoms with E-state index in [1.807, 2.05) is 6.07 Å². The van der Waals surface area contributed by atoms with Gasteiger partial charge in [0.15, 0.2) is 5.96 Å². The predicted octanol–water partition coefficient (Wildman–Crippen LogP) is 2.40. The first-order valence-electron chi connectivity index (χ1n) is 7.93. The second kappa shape index (κ2) is 6.51. The van der Waals surface area contributed by atoms with E-state index < -0.39 is 0 Å². The summed E-state index contributed by atoms with van der Waals surface area (Å²) in [5.74, 6) is 0.830. The van der Waals surface area contributed by atoms with Gasteiger partial charge in [-0.05, 0) is 25.3 Å². The number of likely N-dealkylation sites (tertiary alicyclic amines) is 1. The Balaban J connectivity index is 2.11.